The molecule has 0 fully saturated rings. The highest BCUT2D eigenvalue weighted by Crippen LogP contribution is 2.29. The van der Waals surface area contributed by atoms with Gasteiger partial charge in [-0.3, -0.25) is 4.79 Å². The quantitative estimate of drug-likeness (QED) is 0.442. The first-order valence-electron chi connectivity index (χ1n) is 8.35. The van der Waals surface area contributed by atoms with E-state index in [2.05, 4.69) is 10.3 Å². The summed E-state index contributed by atoms with van der Waals surface area (Å²) in [7, 11) is 1.60. The minimum absolute atomic E-state index is 0.294. The third-order valence-electron chi connectivity index (χ3n) is 4.14. The van der Waals surface area contributed by atoms with Crippen LogP contribution in [-0.4, -0.2) is 18.0 Å². The molecule has 0 aliphatic heterocycles. The molecule has 1 aromatic heterocycles. The van der Waals surface area contributed by atoms with Crippen molar-refractivity contribution in [2.45, 2.75) is 0 Å². The fourth-order valence-electron chi connectivity index (χ4n) is 2.73. The number of carbonyl (C=O) groups excluding carboxylic acids is 1. The number of ether oxygens (including phenoxy) is 1. The van der Waals surface area contributed by atoms with E-state index in [1.54, 1.807) is 43.5 Å². The van der Waals surface area contributed by atoms with Crippen LogP contribution < -0.4 is 10.1 Å². The molecule has 1 N–H and O–H groups in total. The molecule has 4 rings (SSSR count). The lowest BCUT2D eigenvalue weighted by Gasteiger charge is -2.07. The van der Waals surface area contributed by atoms with Crippen LogP contribution in [0.4, 0.5) is 5.69 Å². The normalized spacial score (nSPS) is 10.8. The van der Waals surface area contributed by atoms with Crippen LogP contribution in [0, 0.1) is 0 Å². The molecule has 0 saturated carbocycles. The summed E-state index contributed by atoms with van der Waals surface area (Å²) in [6.07, 6.45) is 0. The Morgan fingerprint density at radius 1 is 1.04 bits per heavy atom. The summed E-state index contributed by atoms with van der Waals surface area (Å²) in [5, 5.41) is 3.56. The molecule has 0 atom stereocenters. The lowest BCUT2D eigenvalue weighted by atomic mass is 10.1. The molecule has 0 radical (unpaired) electrons. The highest BCUT2D eigenvalue weighted by Gasteiger charge is 2.12. The lowest BCUT2D eigenvalue weighted by molar-refractivity contribution is 0.102. The van der Waals surface area contributed by atoms with Gasteiger partial charge in [-0.05, 0) is 48.5 Å². The molecule has 0 aliphatic carbocycles. The molecule has 4 aromatic rings. The Morgan fingerprint density at radius 2 is 1.89 bits per heavy atom. The summed E-state index contributed by atoms with van der Waals surface area (Å²) in [5.74, 6) is 0.863. The Morgan fingerprint density at radius 3 is 2.68 bits per heavy atom. The summed E-state index contributed by atoms with van der Waals surface area (Å²) in [6, 6.07) is 17.4. The maximum atomic E-state index is 12.5. The van der Waals surface area contributed by atoms with Gasteiger partial charge in [0.25, 0.3) is 5.91 Å². The molecule has 0 unspecified atom stereocenters. The first-order chi connectivity index (χ1) is 13.5. The van der Waals surface area contributed by atoms with Crippen molar-refractivity contribution in [2.75, 3.05) is 12.4 Å². The second-order valence-corrected chi connectivity index (χ2v) is 6.83. The number of benzene rings is 3. The van der Waals surface area contributed by atoms with Crippen molar-refractivity contribution in [3.05, 3.63) is 76.3 Å². The highest BCUT2D eigenvalue weighted by molar-refractivity contribution is 6.42. The van der Waals surface area contributed by atoms with Gasteiger partial charge in [-0.25, -0.2) is 4.98 Å². The molecule has 1 amide bonds. The standard InChI is InChI=1S/C21H14Cl2N2O3/c1-27-15-6-8-19-18(11-15)25-21(28-19)13-3-2-4-14(9-13)24-20(26)12-5-7-16(22)17(23)10-12/h2-11H,1H3,(H,24,26). The van der Waals surface area contributed by atoms with Crippen LogP contribution in [0.1, 0.15) is 10.4 Å². The van der Waals surface area contributed by atoms with Crippen LogP contribution in [0.5, 0.6) is 5.75 Å². The zero-order chi connectivity index (χ0) is 19.7. The van der Waals surface area contributed by atoms with E-state index < -0.39 is 0 Å². The Bertz CT molecular complexity index is 1190. The molecule has 1 heterocycles. The zero-order valence-electron chi connectivity index (χ0n) is 14.7. The third-order valence-corrected chi connectivity index (χ3v) is 4.88. The number of hydrogen-bond acceptors (Lipinski definition) is 4. The monoisotopic (exact) mass is 412 g/mol. The molecule has 28 heavy (non-hydrogen) atoms. The Balaban J connectivity index is 1.60. The van der Waals surface area contributed by atoms with Gasteiger partial charge in [0.2, 0.25) is 5.89 Å². The highest BCUT2D eigenvalue weighted by atomic mass is 35.5. The molecule has 0 aliphatic rings. The fourth-order valence-corrected chi connectivity index (χ4v) is 3.03. The second-order valence-electron chi connectivity index (χ2n) is 6.02. The topological polar surface area (TPSA) is 64.4 Å². The summed E-state index contributed by atoms with van der Waals surface area (Å²) in [5.41, 5.74) is 3.10. The second kappa shape index (κ2) is 7.54. The number of oxazole rings is 1. The molecule has 140 valence electrons. The summed E-state index contributed by atoms with van der Waals surface area (Å²) in [4.78, 5) is 17.0. The number of anilines is 1. The average Bonchev–Trinajstić information content (AvgIpc) is 3.13. The predicted molar refractivity (Wildman–Crippen MR) is 110 cm³/mol. The number of halogens is 2. The van der Waals surface area contributed by atoms with Crippen LogP contribution in [0.3, 0.4) is 0 Å². The van der Waals surface area contributed by atoms with Crippen molar-refractivity contribution in [3.63, 3.8) is 0 Å². The van der Waals surface area contributed by atoms with Crippen molar-refractivity contribution in [3.8, 4) is 17.2 Å². The van der Waals surface area contributed by atoms with Crippen molar-refractivity contribution in [1.29, 1.82) is 0 Å². The van der Waals surface area contributed by atoms with Gasteiger partial charge in [0.05, 0.1) is 17.2 Å². The first-order valence-corrected chi connectivity index (χ1v) is 9.10. The van der Waals surface area contributed by atoms with Crippen molar-refractivity contribution in [1.82, 2.24) is 4.98 Å². The number of fused-ring (bicyclic) bond motifs is 1. The van der Waals surface area contributed by atoms with Crippen LogP contribution >= 0.6 is 23.2 Å². The SMILES string of the molecule is COc1ccc2oc(-c3cccc(NC(=O)c4ccc(Cl)c(Cl)c4)c3)nc2c1. The van der Waals surface area contributed by atoms with Gasteiger partial charge < -0.3 is 14.5 Å². The van der Waals surface area contributed by atoms with Crippen LogP contribution in [-0.2, 0) is 0 Å². The fraction of sp³-hybridized carbons (Fsp3) is 0.0476. The first kappa shape index (κ1) is 18.3. The van der Waals surface area contributed by atoms with Crippen molar-refractivity contribution in [2.24, 2.45) is 0 Å². The van der Waals surface area contributed by atoms with E-state index >= 15 is 0 Å². The maximum Gasteiger partial charge on any atom is 0.255 e. The summed E-state index contributed by atoms with van der Waals surface area (Å²) < 4.78 is 11.0. The van der Waals surface area contributed by atoms with E-state index in [1.807, 2.05) is 18.2 Å². The van der Waals surface area contributed by atoms with Gasteiger partial charge in [-0.15, -0.1) is 0 Å². The number of aromatic nitrogens is 1. The summed E-state index contributed by atoms with van der Waals surface area (Å²) in [6.45, 7) is 0. The Labute approximate surface area is 170 Å². The Hall–Kier alpha value is -3.02. The zero-order valence-corrected chi connectivity index (χ0v) is 16.2. The molecule has 0 bridgehead atoms. The molecule has 3 aromatic carbocycles. The largest absolute Gasteiger partial charge is 0.497 e. The minimum Gasteiger partial charge on any atom is -0.497 e. The number of methoxy groups -OCH3 is 1. The van der Waals surface area contributed by atoms with Gasteiger partial charge in [-0.1, -0.05) is 29.3 Å². The minimum atomic E-state index is -0.294. The molecular formula is C21H14Cl2N2O3. The number of nitrogens with one attached hydrogen (secondary N) is 1. The number of amides is 1. The number of nitrogens with zero attached hydrogens (tertiary/aromatic N) is 1. The van der Waals surface area contributed by atoms with Crippen molar-refractivity contribution < 1.29 is 13.9 Å². The summed E-state index contributed by atoms with van der Waals surface area (Å²) >= 11 is 11.9. The number of carbonyl (C=O) groups is 1. The lowest BCUT2D eigenvalue weighted by Crippen LogP contribution is -2.11. The van der Waals surface area contributed by atoms with E-state index in [4.69, 9.17) is 32.4 Å². The van der Waals surface area contributed by atoms with Gasteiger partial charge in [0.1, 0.15) is 11.3 Å². The van der Waals surface area contributed by atoms with Crippen molar-refractivity contribution >= 4 is 45.9 Å². The molecule has 7 heteroatoms. The van der Waals surface area contributed by atoms with Gasteiger partial charge >= 0.3 is 0 Å². The van der Waals surface area contributed by atoms with Crippen LogP contribution in [0.2, 0.25) is 10.0 Å². The van der Waals surface area contributed by atoms with E-state index in [0.29, 0.717) is 44.0 Å². The van der Waals surface area contributed by atoms with Crippen LogP contribution in [0.15, 0.2) is 65.1 Å². The average molecular weight is 413 g/mol. The smallest absolute Gasteiger partial charge is 0.255 e. The van der Waals surface area contributed by atoms with Gasteiger partial charge in [0.15, 0.2) is 5.58 Å². The number of rotatable bonds is 4. The number of hydrogen-bond donors (Lipinski definition) is 1. The van der Waals surface area contributed by atoms with Gasteiger partial charge in [0, 0.05) is 22.9 Å². The van der Waals surface area contributed by atoms with E-state index in [9.17, 15) is 4.79 Å². The van der Waals surface area contributed by atoms with E-state index in [-0.39, 0.29) is 5.91 Å². The van der Waals surface area contributed by atoms with Gasteiger partial charge in [-0.2, -0.15) is 0 Å². The maximum absolute atomic E-state index is 12.5. The third kappa shape index (κ3) is 3.67. The molecule has 0 saturated heterocycles. The predicted octanol–water partition coefficient (Wildman–Crippen LogP) is 6.06. The Kier molecular flexibility index (Phi) is 4.94. The molecule has 5 nitrogen and oxygen atoms in total. The van der Waals surface area contributed by atoms with Crippen LogP contribution in [0.25, 0.3) is 22.6 Å². The van der Waals surface area contributed by atoms with E-state index in [1.165, 1.54) is 6.07 Å². The molecular weight excluding hydrogens is 399 g/mol. The van der Waals surface area contributed by atoms with E-state index in [0.717, 1.165) is 5.56 Å². The molecule has 0 spiro atoms.